The SMILES string of the molecule is CCC(CN)NC(=O)CC1CCCCCC1. The molecule has 0 radical (unpaired) electrons. The molecule has 1 amide bonds. The minimum absolute atomic E-state index is 0.165. The molecule has 0 bridgehead atoms. The summed E-state index contributed by atoms with van der Waals surface area (Å²) in [5.74, 6) is 0.807. The summed E-state index contributed by atoms with van der Waals surface area (Å²) in [6.07, 6.45) is 9.37. The molecule has 3 N–H and O–H groups in total. The molecule has 1 fully saturated rings. The summed E-state index contributed by atoms with van der Waals surface area (Å²) in [5, 5.41) is 3.02. The number of amides is 1. The average Bonchev–Trinajstić information content (AvgIpc) is 2.54. The molecule has 0 spiro atoms. The van der Waals surface area contributed by atoms with Crippen molar-refractivity contribution in [1.29, 1.82) is 0 Å². The largest absolute Gasteiger partial charge is 0.352 e. The van der Waals surface area contributed by atoms with Gasteiger partial charge in [-0.05, 0) is 25.2 Å². The predicted molar refractivity (Wildman–Crippen MR) is 67.1 cm³/mol. The number of rotatable bonds is 5. The molecule has 3 nitrogen and oxygen atoms in total. The van der Waals surface area contributed by atoms with Crippen molar-refractivity contribution >= 4 is 5.91 Å². The third-order valence-electron chi connectivity index (χ3n) is 3.59. The minimum atomic E-state index is 0.165. The molecule has 0 heterocycles. The molecule has 1 aliphatic rings. The van der Waals surface area contributed by atoms with Crippen LogP contribution in [0.3, 0.4) is 0 Å². The standard InChI is InChI=1S/C13H26N2O/c1-2-12(10-14)15-13(16)9-11-7-5-3-4-6-8-11/h11-12H,2-10,14H2,1H3,(H,15,16). The van der Waals surface area contributed by atoms with Crippen LogP contribution in [0.4, 0.5) is 0 Å². The van der Waals surface area contributed by atoms with Crippen LogP contribution in [0, 0.1) is 5.92 Å². The highest BCUT2D eigenvalue weighted by molar-refractivity contribution is 5.76. The third kappa shape index (κ3) is 4.97. The second-order valence-electron chi connectivity index (χ2n) is 4.97. The van der Waals surface area contributed by atoms with Crippen LogP contribution in [0.25, 0.3) is 0 Å². The second-order valence-corrected chi connectivity index (χ2v) is 4.97. The smallest absolute Gasteiger partial charge is 0.220 e. The molecule has 0 aliphatic heterocycles. The molecule has 3 heteroatoms. The Bertz CT molecular complexity index is 194. The van der Waals surface area contributed by atoms with Gasteiger partial charge in [-0.1, -0.05) is 32.6 Å². The highest BCUT2D eigenvalue weighted by Crippen LogP contribution is 2.25. The Kier molecular flexibility index (Phi) is 6.46. The number of carbonyl (C=O) groups is 1. The van der Waals surface area contributed by atoms with Gasteiger partial charge in [0.05, 0.1) is 0 Å². The minimum Gasteiger partial charge on any atom is -0.352 e. The van der Waals surface area contributed by atoms with Gasteiger partial charge in [0, 0.05) is 19.0 Å². The van der Waals surface area contributed by atoms with Crippen molar-refractivity contribution in [3.05, 3.63) is 0 Å². The molecular formula is C13H26N2O. The highest BCUT2D eigenvalue weighted by Gasteiger charge is 2.17. The lowest BCUT2D eigenvalue weighted by Crippen LogP contribution is -2.40. The van der Waals surface area contributed by atoms with Crippen LogP contribution in [0.5, 0.6) is 0 Å². The van der Waals surface area contributed by atoms with Gasteiger partial charge in [-0.25, -0.2) is 0 Å². The lowest BCUT2D eigenvalue weighted by molar-refractivity contribution is -0.122. The van der Waals surface area contributed by atoms with E-state index in [0.29, 0.717) is 18.9 Å². The molecule has 0 saturated heterocycles. The quantitative estimate of drug-likeness (QED) is 0.706. The van der Waals surface area contributed by atoms with E-state index >= 15 is 0 Å². The number of hydrogen-bond acceptors (Lipinski definition) is 2. The topological polar surface area (TPSA) is 55.1 Å². The summed E-state index contributed by atoms with van der Waals surface area (Å²) >= 11 is 0. The lowest BCUT2D eigenvalue weighted by Gasteiger charge is -2.18. The molecule has 1 unspecified atom stereocenters. The Morgan fingerprint density at radius 3 is 2.44 bits per heavy atom. The summed E-state index contributed by atoms with van der Waals surface area (Å²) in [6.45, 7) is 2.61. The zero-order valence-electron chi connectivity index (χ0n) is 10.5. The van der Waals surface area contributed by atoms with Crippen LogP contribution < -0.4 is 11.1 Å². The average molecular weight is 226 g/mol. The van der Waals surface area contributed by atoms with Gasteiger partial charge >= 0.3 is 0 Å². The van der Waals surface area contributed by atoms with Crippen LogP contribution in [0.15, 0.2) is 0 Å². The molecule has 94 valence electrons. The van der Waals surface area contributed by atoms with Crippen molar-refractivity contribution in [2.45, 2.75) is 64.3 Å². The molecule has 0 aromatic carbocycles. The van der Waals surface area contributed by atoms with Gasteiger partial charge in [-0.2, -0.15) is 0 Å². The van der Waals surface area contributed by atoms with Crippen LogP contribution >= 0.6 is 0 Å². The Morgan fingerprint density at radius 1 is 1.31 bits per heavy atom. The number of nitrogens with one attached hydrogen (secondary N) is 1. The first-order valence-electron chi connectivity index (χ1n) is 6.75. The van der Waals surface area contributed by atoms with Crippen molar-refractivity contribution in [1.82, 2.24) is 5.32 Å². The lowest BCUT2D eigenvalue weighted by atomic mass is 9.96. The van der Waals surface area contributed by atoms with Gasteiger partial charge in [0.1, 0.15) is 0 Å². The zero-order valence-corrected chi connectivity index (χ0v) is 10.5. The van der Waals surface area contributed by atoms with E-state index in [-0.39, 0.29) is 11.9 Å². The van der Waals surface area contributed by atoms with Gasteiger partial charge < -0.3 is 11.1 Å². The van der Waals surface area contributed by atoms with E-state index in [9.17, 15) is 4.79 Å². The van der Waals surface area contributed by atoms with Crippen LogP contribution in [-0.4, -0.2) is 18.5 Å². The maximum absolute atomic E-state index is 11.8. The molecule has 0 aromatic heterocycles. The fourth-order valence-electron chi connectivity index (χ4n) is 2.44. The molecule has 16 heavy (non-hydrogen) atoms. The van der Waals surface area contributed by atoms with Gasteiger partial charge in [-0.3, -0.25) is 4.79 Å². The van der Waals surface area contributed by atoms with Crippen LogP contribution in [-0.2, 0) is 4.79 Å². The molecule has 1 rings (SSSR count). The van der Waals surface area contributed by atoms with E-state index in [1.54, 1.807) is 0 Å². The molecule has 1 atom stereocenters. The Balaban J connectivity index is 2.26. The number of carbonyl (C=O) groups excluding carboxylic acids is 1. The van der Waals surface area contributed by atoms with Gasteiger partial charge in [0.15, 0.2) is 0 Å². The Hall–Kier alpha value is -0.570. The summed E-state index contributed by atoms with van der Waals surface area (Å²) in [4.78, 5) is 11.8. The van der Waals surface area contributed by atoms with E-state index in [1.807, 2.05) is 0 Å². The van der Waals surface area contributed by atoms with Crippen molar-refractivity contribution in [3.8, 4) is 0 Å². The van der Waals surface area contributed by atoms with E-state index in [4.69, 9.17) is 5.73 Å². The first-order chi connectivity index (χ1) is 7.76. The summed E-state index contributed by atoms with van der Waals surface area (Å²) in [5.41, 5.74) is 5.58. The maximum atomic E-state index is 11.8. The highest BCUT2D eigenvalue weighted by atomic mass is 16.1. The molecule has 0 aromatic rings. The normalized spacial score (nSPS) is 20.1. The molecule has 1 aliphatic carbocycles. The van der Waals surface area contributed by atoms with Crippen molar-refractivity contribution in [3.63, 3.8) is 0 Å². The first kappa shape index (κ1) is 13.5. The van der Waals surface area contributed by atoms with Gasteiger partial charge in [0.2, 0.25) is 5.91 Å². The fraction of sp³-hybridized carbons (Fsp3) is 0.923. The van der Waals surface area contributed by atoms with Crippen molar-refractivity contribution in [2.24, 2.45) is 11.7 Å². The van der Waals surface area contributed by atoms with Crippen molar-refractivity contribution < 1.29 is 4.79 Å². The molecule has 1 saturated carbocycles. The number of nitrogens with two attached hydrogens (primary N) is 1. The maximum Gasteiger partial charge on any atom is 0.220 e. The van der Waals surface area contributed by atoms with E-state index in [2.05, 4.69) is 12.2 Å². The third-order valence-corrected chi connectivity index (χ3v) is 3.59. The van der Waals surface area contributed by atoms with E-state index in [1.165, 1.54) is 38.5 Å². The first-order valence-corrected chi connectivity index (χ1v) is 6.75. The Labute approximate surface area is 99.2 Å². The Morgan fingerprint density at radius 2 is 1.94 bits per heavy atom. The fourth-order valence-corrected chi connectivity index (χ4v) is 2.44. The predicted octanol–water partition coefficient (Wildman–Crippen LogP) is 2.20. The van der Waals surface area contributed by atoms with Crippen LogP contribution in [0.2, 0.25) is 0 Å². The number of hydrogen-bond donors (Lipinski definition) is 2. The van der Waals surface area contributed by atoms with Gasteiger partial charge in [0.25, 0.3) is 0 Å². The van der Waals surface area contributed by atoms with E-state index < -0.39 is 0 Å². The molecular weight excluding hydrogens is 200 g/mol. The zero-order chi connectivity index (χ0) is 11.8. The second kappa shape index (κ2) is 7.66. The summed E-state index contributed by atoms with van der Waals surface area (Å²) in [6, 6.07) is 0.165. The monoisotopic (exact) mass is 226 g/mol. The summed E-state index contributed by atoms with van der Waals surface area (Å²) < 4.78 is 0. The van der Waals surface area contributed by atoms with Crippen molar-refractivity contribution in [2.75, 3.05) is 6.54 Å². The van der Waals surface area contributed by atoms with Gasteiger partial charge in [-0.15, -0.1) is 0 Å². The van der Waals surface area contributed by atoms with Crippen LogP contribution in [0.1, 0.15) is 58.3 Å². The summed E-state index contributed by atoms with van der Waals surface area (Å²) in [7, 11) is 0. The van der Waals surface area contributed by atoms with E-state index in [0.717, 1.165) is 6.42 Å².